The van der Waals surface area contributed by atoms with Gasteiger partial charge < -0.3 is 9.94 Å². The van der Waals surface area contributed by atoms with Gasteiger partial charge in [0.05, 0.1) is 12.9 Å². The molecule has 0 rings (SSSR count). The van der Waals surface area contributed by atoms with Crippen molar-refractivity contribution in [1.29, 1.82) is 0 Å². The van der Waals surface area contributed by atoms with E-state index in [9.17, 15) is 18.3 Å². The smallest absolute Gasteiger partial charge is 0.209 e. The standard InChI is InChI=1S/C12H26N2O5S/c1-5-6-13-19-8-10(14-20(4,17)18)7-11(15)12(16)9(2)3/h9-11,13-15H,5-8H2,1-4H3. The lowest BCUT2D eigenvalue weighted by atomic mass is 9.99. The summed E-state index contributed by atoms with van der Waals surface area (Å²) in [5.41, 5.74) is 2.68. The largest absolute Gasteiger partial charge is 0.385 e. The molecule has 2 atom stereocenters. The highest BCUT2D eigenvalue weighted by atomic mass is 32.2. The Labute approximate surface area is 121 Å². The first kappa shape index (κ1) is 19.5. The Morgan fingerprint density at radius 3 is 2.40 bits per heavy atom. The van der Waals surface area contributed by atoms with E-state index in [1.54, 1.807) is 13.8 Å². The van der Waals surface area contributed by atoms with Crippen LogP contribution in [0.1, 0.15) is 33.6 Å². The summed E-state index contributed by atoms with van der Waals surface area (Å²) < 4.78 is 24.9. The third-order valence-corrected chi connectivity index (χ3v) is 3.29. The first-order chi connectivity index (χ1) is 9.17. The topological polar surface area (TPSA) is 105 Å². The molecule has 7 nitrogen and oxygen atoms in total. The fourth-order valence-corrected chi connectivity index (χ4v) is 2.33. The molecule has 120 valence electrons. The van der Waals surface area contributed by atoms with E-state index in [0.29, 0.717) is 6.54 Å². The molecule has 2 unspecified atom stereocenters. The van der Waals surface area contributed by atoms with Crippen LogP contribution >= 0.6 is 0 Å². The summed E-state index contributed by atoms with van der Waals surface area (Å²) in [6, 6.07) is -0.660. The molecule has 0 aromatic rings. The molecule has 0 heterocycles. The van der Waals surface area contributed by atoms with Crippen molar-refractivity contribution in [3.63, 3.8) is 0 Å². The van der Waals surface area contributed by atoms with Gasteiger partial charge in [-0.3, -0.25) is 4.79 Å². The minimum atomic E-state index is -3.44. The molecule has 0 aliphatic heterocycles. The van der Waals surface area contributed by atoms with Crippen LogP contribution in [0, 0.1) is 5.92 Å². The van der Waals surface area contributed by atoms with Crippen molar-refractivity contribution < 1.29 is 23.2 Å². The fraction of sp³-hybridized carbons (Fsp3) is 0.917. The van der Waals surface area contributed by atoms with E-state index in [4.69, 9.17) is 4.84 Å². The lowest BCUT2D eigenvalue weighted by Gasteiger charge is -2.21. The summed E-state index contributed by atoms with van der Waals surface area (Å²) in [5, 5.41) is 9.80. The Morgan fingerprint density at radius 2 is 1.95 bits per heavy atom. The molecule has 0 saturated carbocycles. The molecule has 0 aromatic heterocycles. The van der Waals surface area contributed by atoms with Crippen molar-refractivity contribution in [2.24, 2.45) is 5.92 Å². The van der Waals surface area contributed by atoms with Gasteiger partial charge in [-0.1, -0.05) is 20.8 Å². The zero-order valence-electron chi connectivity index (χ0n) is 12.5. The van der Waals surface area contributed by atoms with E-state index in [-0.39, 0.29) is 24.7 Å². The van der Waals surface area contributed by atoms with E-state index in [0.717, 1.165) is 12.7 Å². The highest BCUT2D eigenvalue weighted by Gasteiger charge is 2.24. The van der Waals surface area contributed by atoms with E-state index in [1.807, 2.05) is 6.92 Å². The molecule has 0 aromatic carbocycles. The van der Waals surface area contributed by atoms with Crippen LogP contribution < -0.4 is 10.2 Å². The maximum Gasteiger partial charge on any atom is 0.209 e. The van der Waals surface area contributed by atoms with Crippen molar-refractivity contribution in [3.8, 4) is 0 Å². The van der Waals surface area contributed by atoms with Gasteiger partial charge in [-0.05, 0) is 12.8 Å². The van der Waals surface area contributed by atoms with E-state index in [1.165, 1.54) is 0 Å². The average Bonchev–Trinajstić information content (AvgIpc) is 2.31. The summed E-state index contributed by atoms with van der Waals surface area (Å²) in [6.45, 7) is 6.01. The maximum absolute atomic E-state index is 11.6. The SMILES string of the molecule is CCCNOCC(CC(O)C(=O)C(C)C)NS(C)(=O)=O. The Hall–Kier alpha value is -0.540. The second kappa shape index (κ2) is 9.41. The van der Waals surface area contributed by atoms with Crippen molar-refractivity contribution in [2.45, 2.75) is 45.8 Å². The van der Waals surface area contributed by atoms with Gasteiger partial charge in [-0.15, -0.1) is 0 Å². The Balaban J connectivity index is 4.48. The van der Waals surface area contributed by atoms with Crippen LogP contribution in [0.5, 0.6) is 0 Å². The van der Waals surface area contributed by atoms with Crippen LogP contribution in [-0.4, -0.2) is 50.9 Å². The summed E-state index contributed by atoms with van der Waals surface area (Å²) in [6.07, 6.45) is 0.677. The van der Waals surface area contributed by atoms with Gasteiger partial charge in [0, 0.05) is 18.5 Å². The molecule has 3 N–H and O–H groups in total. The summed E-state index contributed by atoms with van der Waals surface area (Å²) in [4.78, 5) is 16.8. The number of aliphatic hydroxyl groups excluding tert-OH is 1. The lowest BCUT2D eigenvalue weighted by Crippen LogP contribution is -2.43. The number of ketones is 1. The normalized spacial score (nSPS) is 15.3. The van der Waals surface area contributed by atoms with Crippen molar-refractivity contribution in [2.75, 3.05) is 19.4 Å². The highest BCUT2D eigenvalue weighted by molar-refractivity contribution is 7.88. The summed E-state index contributed by atoms with van der Waals surface area (Å²) in [5.74, 6) is -0.616. The molecule has 0 spiro atoms. The number of hydrogen-bond donors (Lipinski definition) is 3. The first-order valence-corrected chi connectivity index (χ1v) is 8.60. The molecule has 20 heavy (non-hydrogen) atoms. The second-order valence-electron chi connectivity index (χ2n) is 5.10. The van der Waals surface area contributed by atoms with Crippen molar-refractivity contribution in [1.82, 2.24) is 10.2 Å². The predicted molar refractivity (Wildman–Crippen MR) is 76.5 cm³/mol. The Bertz CT molecular complexity index is 383. The zero-order valence-corrected chi connectivity index (χ0v) is 13.4. The first-order valence-electron chi connectivity index (χ1n) is 6.71. The van der Waals surface area contributed by atoms with Gasteiger partial charge in [-0.25, -0.2) is 18.6 Å². The van der Waals surface area contributed by atoms with E-state index in [2.05, 4.69) is 10.2 Å². The van der Waals surface area contributed by atoms with E-state index >= 15 is 0 Å². The van der Waals surface area contributed by atoms with Gasteiger partial charge >= 0.3 is 0 Å². The van der Waals surface area contributed by atoms with Crippen LogP contribution in [0.25, 0.3) is 0 Å². The van der Waals surface area contributed by atoms with Crippen LogP contribution in [0.3, 0.4) is 0 Å². The minimum Gasteiger partial charge on any atom is -0.385 e. The monoisotopic (exact) mass is 310 g/mol. The van der Waals surface area contributed by atoms with Gasteiger partial charge in [0.25, 0.3) is 0 Å². The molecule has 0 aliphatic rings. The van der Waals surface area contributed by atoms with Crippen LogP contribution in [0.4, 0.5) is 0 Å². The number of aliphatic hydroxyl groups is 1. The molecule has 0 fully saturated rings. The molecular formula is C12H26N2O5S. The molecule has 8 heteroatoms. The summed E-state index contributed by atoms with van der Waals surface area (Å²) in [7, 11) is -3.44. The third kappa shape index (κ3) is 9.38. The molecule has 0 aliphatic carbocycles. The second-order valence-corrected chi connectivity index (χ2v) is 6.88. The molecule has 0 radical (unpaired) electrons. The van der Waals surface area contributed by atoms with Crippen LogP contribution in [-0.2, 0) is 19.7 Å². The number of rotatable bonds is 11. The van der Waals surface area contributed by atoms with Gasteiger partial charge in [0.1, 0.15) is 6.10 Å². The Morgan fingerprint density at radius 1 is 1.35 bits per heavy atom. The highest BCUT2D eigenvalue weighted by Crippen LogP contribution is 2.07. The molecule has 0 saturated heterocycles. The number of sulfonamides is 1. The van der Waals surface area contributed by atoms with Crippen LogP contribution in [0.2, 0.25) is 0 Å². The minimum absolute atomic E-state index is 0.0160. The molecular weight excluding hydrogens is 284 g/mol. The van der Waals surface area contributed by atoms with Gasteiger partial charge in [0.2, 0.25) is 10.0 Å². The lowest BCUT2D eigenvalue weighted by molar-refractivity contribution is -0.131. The zero-order chi connectivity index (χ0) is 15.8. The quantitative estimate of drug-likeness (QED) is 0.361. The average molecular weight is 310 g/mol. The number of hydroxylamine groups is 1. The summed E-state index contributed by atoms with van der Waals surface area (Å²) >= 11 is 0. The number of carbonyl (C=O) groups excluding carboxylic acids is 1. The van der Waals surface area contributed by atoms with Crippen molar-refractivity contribution >= 4 is 15.8 Å². The maximum atomic E-state index is 11.6. The fourth-order valence-electron chi connectivity index (χ4n) is 1.56. The number of nitrogens with one attached hydrogen (secondary N) is 2. The Kier molecular flexibility index (Phi) is 9.15. The van der Waals surface area contributed by atoms with Gasteiger partial charge in [0.15, 0.2) is 5.78 Å². The van der Waals surface area contributed by atoms with E-state index < -0.39 is 22.2 Å². The van der Waals surface area contributed by atoms with Crippen molar-refractivity contribution in [3.05, 3.63) is 0 Å². The number of Topliss-reactive ketones (excluding diaryl/α,β-unsaturated/α-hetero) is 1. The molecule has 0 amide bonds. The van der Waals surface area contributed by atoms with Gasteiger partial charge in [-0.2, -0.15) is 0 Å². The number of hydrogen-bond acceptors (Lipinski definition) is 6. The predicted octanol–water partition coefficient (Wildman–Crippen LogP) is -0.188. The third-order valence-electron chi connectivity index (χ3n) is 2.52. The number of carbonyl (C=O) groups is 1. The van der Waals surface area contributed by atoms with Crippen LogP contribution in [0.15, 0.2) is 0 Å². The molecule has 0 bridgehead atoms.